The Kier molecular flexibility index (Phi) is 8.98. The number of fused-ring (bicyclic) bond motifs is 5. The number of ether oxygens (including phenoxy) is 4. The number of carbonyl (C=O) groups excluding carboxylic acids is 2. The van der Waals surface area contributed by atoms with Crippen LogP contribution < -0.4 is 10.1 Å². The Morgan fingerprint density at radius 1 is 1.16 bits per heavy atom. The van der Waals surface area contributed by atoms with Crippen LogP contribution in [0.15, 0.2) is 36.4 Å². The van der Waals surface area contributed by atoms with Gasteiger partial charge in [-0.1, -0.05) is 39.0 Å². The highest BCUT2D eigenvalue weighted by molar-refractivity contribution is 5.89. The Morgan fingerprint density at radius 2 is 1.86 bits per heavy atom. The maximum atomic E-state index is 15.7. The topological polar surface area (TPSA) is 132 Å². The lowest BCUT2D eigenvalue weighted by Crippen LogP contribution is -2.58. The van der Waals surface area contributed by atoms with Gasteiger partial charge in [-0.25, -0.2) is 14.8 Å². The van der Waals surface area contributed by atoms with Crippen molar-refractivity contribution in [2.75, 3.05) is 20.3 Å². The van der Waals surface area contributed by atoms with Gasteiger partial charge in [0.1, 0.15) is 12.1 Å². The molecule has 3 heterocycles. The zero-order valence-corrected chi connectivity index (χ0v) is 24.7. The Morgan fingerprint density at radius 3 is 2.56 bits per heavy atom. The minimum Gasteiger partial charge on any atom is -0.471 e. The fourth-order valence-corrected chi connectivity index (χ4v) is 5.82. The number of hydrogen-bond acceptors (Lipinski definition) is 10. The molecule has 1 unspecified atom stereocenters. The van der Waals surface area contributed by atoms with Crippen LogP contribution in [0.1, 0.15) is 52.1 Å². The molecule has 2 aliphatic heterocycles. The summed E-state index contributed by atoms with van der Waals surface area (Å²) in [4.78, 5) is 36.7. The van der Waals surface area contributed by atoms with E-state index >= 15 is 8.78 Å². The number of hydrogen-bond donors (Lipinski definition) is 2. The molecule has 1 aromatic carbocycles. The number of aliphatic hydroxyl groups is 1. The molecule has 0 spiro atoms. The molecule has 1 saturated heterocycles. The minimum atomic E-state index is -3.58. The minimum absolute atomic E-state index is 0.0265. The quantitative estimate of drug-likeness (QED) is 0.370. The number of halogens is 2. The molecule has 234 valence electrons. The molecule has 1 amide bonds. The normalized spacial score (nSPS) is 31.0. The number of esters is 1. The van der Waals surface area contributed by atoms with Gasteiger partial charge in [0.25, 0.3) is 0 Å². The number of para-hydroxylation sites is 2. The average molecular weight is 605 g/mol. The summed E-state index contributed by atoms with van der Waals surface area (Å²) >= 11 is 0. The average Bonchev–Trinajstić information content (AvgIpc) is 3.58. The van der Waals surface area contributed by atoms with Crippen molar-refractivity contribution in [3.8, 4) is 5.88 Å². The molecule has 1 aromatic heterocycles. The third kappa shape index (κ3) is 6.79. The number of alkyl halides is 2. The van der Waals surface area contributed by atoms with E-state index in [0.717, 1.165) is 6.42 Å². The molecule has 2 bridgehead atoms. The van der Waals surface area contributed by atoms with Gasteiger partial charge in [0, 0.05) is 6.42 Å². The number of nitrogens with one attached hydrogen (secondary N) is 1. The molecule has 5 rings (SSSR count). The molecular formula is C30H38F2N4O7. The molecule has 1 saturated carbocycles. The first-order valence-electron chi connectivity index (χ1n) is 14.5. The molecule has 6 atom stereocenters. The maximum absolute atomic E-state index is 15.7. The van der Waals surface area contributed by atoms with Gasteiger partial charge in [0.2, 0.25) is 18.2 Å². The van der Waals surface area contributed by atoms with Crippen molar-refractivity contribution in [1.29, 1.82) is 0 Å². The van der Waals surface area contributed by atoms with E-state index in [4.69, 9.17) is 18.9 Å². The summed E-state index contributed by atoms with van der Waals surface area (Å²) in [5, 5.41) is 13.7. The van der Waals surface area contributed by atoms with E-state index in [1.165, 1.54) is 18.1 Å². The Balaban J connectivity index is 1.56. The molecular weight excluding hydrogens is 566 g/mol. The summed E-state index contributed by atoms with van der Waals surface area (Å²) < 4.78 is 54.1. The number of rotatable bonds is 1. The van der Waals surface area contributed by atoms with Crippen molar-refractivity contribution in [3.63, 3.8) is 0 Å². The van der Waals surface area contributed by atoms with E-state index in [1.807, 2.05) is 20.8 Å². The summed E-state index contributed by atoms with van der Waals surface area (Å²) in [6, 6.07) is 4.54. The second-order valence-electron chi connectivity index (χ2n) is 12.2. The number of carbonyl (C=O) groups is 2. The van der Waals surface area contributed by atoms with E-state index in [-0.39, 0.29) is 25.1 Å². The third-order valence-corrected chi connectivity index (χ3v) is 8.00. The second-order valence-corrected chi connectivity index (χ2v) is 12.2. The van der Waals surface area contributed by atoms with Crippen molar-refractivity contribution < 1.29 is 42.4 Å². The monoisotopic (exact) mass is 604 g/mol. The third-order valence-electron chi connectivity index (χ3n) is 8.00. The first-order chi connectivity index (χ1) is 20.4. The van der Waals surface area contributed by atoms with Crippen molar-refractivity contribution in [2.45, 2.75) is 89.2 Å². The lowest BCUT2D eigenvalue weighted by molar-refractivity contribution is -0.189. The standard InChI is InChI=1S/C30H38F2N4O7/c1-29(2,3)24-26(37)36-16-17(15-20(36)27(38)40-4)42-25-23(33-18-9-5-6-10-19(18)34-25)30(31,32)13-8-14-41-21-11-7-12-22(21)43-28(39)35-24/h5-6,8-10,13,17,20-22,24,28,35,39H,7,11-12,14-16H2,1-4H3/b13-8+/t17-,20+,21-,22-,24-,28?/m1/s1. The summed E-state index contributed by atoms with van der Waals surface area (Å²) in [5.41, 5.74) is -0.810. The lowest BCUT2D eigenvalue weighted by atomic mass is 9.85. The van der Waals surface area contributed by atoms with Crippen LogP contribution in [0.25, 0.3) is 11.0 Å². The maximum Gasteiger partial charge on any atom is 0.328 e. The predicted molar refractivity (Wildman–Crippen MR) is 150 cm³/mol. The molecule has 13 heteroatoms. The first kappa shape index (κ1) is 31.2. The zero-order valence-electron chi connectivity index (χ0n) is 24.7. The Bertz CT molecular complexity index is 1370. The van der Waals surface area contributed by atoms with Crippen LogP contribution in [-0.2, 0) is 29.7 Å². The SMILES string of the molecule is COC(=O)[C@@H]1C[C@@H]2CN1C(=O)[C@H](C(C)(C)C)NC(O)O[C@@H]1CCC[C@H]1OC/C=C/C(F)(F)c1nc3ccccc3nc1O2. The molecule has 2 fully saturated rings. The van der Waals surface area contributed by atoms with Crippen LogP contribution in [0.5, 0.6) is 5.88 Å². The summed E-state index contributed by atoms with van der Waals surface area (Å²) in [7, 11) is 1.21. The number of benzene rings is 1. The van der Waals surface area contributed by atoms with Crippen LogP contribution >= 0.6 is 0 Å². The van der Waals surface area contributed by atoms with Gasteiger partial charge in [0.05, 0.1) is 49.5 Å². The molecule has 3 aliphatic rings. The van der Waals surface area contributed by atoms with E-state index in [1.54, 1.807) is 24.3 Å². The summed E-state index contributed by atoms with van der Waals surface area (Å²) in [6.45, 7) is 5.20. The lowest BCUT2D eigenvalue weighted by Gasteiger charge is -2.37. The number of aromatic nitrogens is 2. The van der Waals surface area contributed by atoms with Crippen LogP contribution in [0.3, 0.4) is 0 Å². The first-order valence-corrected chi connectivity index (χ1v) is 14.5. The Labute approximate surface area is 248 Å². The van der Waals surface area contributed by atoms with Crippen molar-refractivity contribution >= 4 is 22.9 Å². The number of methoxy groups -OCH3 is 1. The van der Waals surface area contributed by atoms with Crippen LogP contribution in [0.2, 0.25) is 0 Å². The van der Waals surface area contributed by atoms with Gasteiger partial charge in [-0.15, -0.1) is 0 Å². The smallest absolute Gasteiger partial charge is 0.328 e. The molecule has 2 aromatic rings. The fourth-order valence-electron chi connectivity index (χ4n) is 5.82. The molecule has 1 aliphatic carbocycles. The van der Waals surface area contributed by atoms with Crippen molar-refractivity contribution in [1.82, 2.24) is 20.2 Å². The van der Waals surface area contributed by atoms with Gasteiger partial charge in [-0.3, -0.25) is 10.1 Å². The number of aliphatic hydroxyl groups excluding tert-OH is 1. The van der Waals surface area contributed by atoms with Gasteiger partial charge in [-0.05, 0) is 42.9 Å². The zero-order chi connectivity index (χ0) is 30.9. The van der Waals surface area contributed by atoms with E-state index in [9.17, 15) is 14.7 Å². The Hall–Kier alpha value is -3.26. The fraction of sp³-hybridized carbons (Fsp3) is 0.600. The van der Waals surface area contributed by atoms with E-state index < -0.39 is 71.6 Å². The highest BCUT2D eigenvalue weighted by Crippen LogP contribution is 2.37. The van der Waals surface area contributed by atoms with Crippen LogP contribution in [0.4, 0.5) is 8.78 Å². The predicted octanol–water partition coefficient (Wildman–Crippen LogP) is 3.05. The van der Waals surface area contributed by atoms with Crippen LogP contribution in [0, 0.1) is 5.41 Å². The van der Waals surface area contributed by atoms with Crippen LogP contribution in [-0.4, -0.2) is 88.9 Å². The number of allylic oxidation sites excluding steroid dienone is 1. The van der Waals surface area contributed by atoms with Gasteiger partial charge in [-0.2, -0.15) is 8.78 Å². The van der Waals surface area contributed by atoms with Gasteiger partial charge < -0.3 is 29.0 Å². The second kappa shape index (κ2) is 12.4. The van der Waals surface area contributed by atoms with E-state index in [2.05, 4.69) is 15.3 Å². The summed E-state index contributed by atoms with van der Waals surface area (Å²) in [5.74, 6) is -5.17. The van der Waals surface area contributed by atoms with Crippen molar-refractivity contribution in [3.05, 3.63) is 42.1 Å². The molecule has 43 heavy (non-hydrogen) atoms. The van der Waals surface area contributed by atoms with Gasteiger partial charge >= 0.3 is 11.9 Å². The van der Waals surface area contributed by atoms with Crippen molar-refractivity contribution in [2.24, 2.45) is 5.41 Å². The highest BCUT2D eigenvalue weighted by Gasteiger charge is 2.47. The van der Waals surface area contributed by atoms with Gasteiger partial charge in [0.15, 0.2) is 5.69 Å². The molecule has 2 N–H and O–H groups in total. The van der Waals surface area contributed by atoms with E-state index in [0.29, 0.717) is 24.4 Å². The largest absolute Gasteiger partial charge is 0.471 e. The molecule has 0 radical (unpaired) electrons. The summed E-state index contributed by atoms with van der Waals surface area (Å²) in [6.07, 6.45) is 0.472. The number of nitrogens with zero attached hydrogens (tertiary/aromatic N) is 3. The number of amides is 1. The highest BCUT2D eigenvalue weighted by atomic mass is 19.3. The molecule has 11 nitrogen and oxygen atoms in total.